The largest absolute Gasteiger partial charge is 0.396 e. The highest BCUT2D eigenvalue weighted by molar-refractivity contribution is 5.94. The number of likely N-dealkylation sites (tertiary alicyclic amines) is 1. The van der Waals surface area contributed by atoms with Crippen LogP contribution in [0.3, 0.4) is 0 Å². The van der Waals surface area contributed by atoms with E-state index in [0.717, 1.165) is 42.6 Å². The van der Waals surface area contributed by atoms with Crippen molar-refractivity contribution in [3.05, 3.63) is 65.5 Å². The van der Waals surface area contributed by atoms with Gasteiger partial charge in [-0.1, -0.05) is 30.7 Å². The molecule has 1 aliphatic heterocycles. The molecule has 1 aliphatic rings. The van der Waals surface area contributed by atoms with Crippen LogP contribution in [0.2, 0.25) is 0 Å². The van der Waals surface area contributed by atoms with Crippen LogP contribution >= 0.6 is 0 Å². The number of anilines is 1. The number of carbonyl (C=O) groups is 1. The third kappa shape index (κ3) is 4.90. The molecule has 26 heavy (non-hydrogen) atoms. The van der Waals surface area contributed by atoms with E-state index in [4.69, 9.17) is 5.11 Å². The molecular weight excluding hydrogens is 331 g/mol. The maximum absolute atomic E-state index is 13.1. The number of amides is 1. The van der Waals surface area contributed by atoms with Crippen LogP contribution in [-0.2, 0) is 17.8 Å². The Balaban J connectivity index is 1.64. The van der Waals surface area contributed by atoms with Crippen molar-refractivity contribution in [2.75, 3.05) is 18.5 Å². The molecule has 1 amide bonds. The van der Waals surface area contributed by atoms with Crippen molar-refractivity contribution < 1.29 is 14.3 Å². The number of halogens is 1. The van der Waals surface area contributed by atoms with Crippen molar-refractivity contribution in [1.82, 2.24) is 4.90 Å². The van der Waals surface area contributed by atoms with E-state index in [1.165, 1.54) is 12.1 Å². The molecule has 1 fully saturated rings. The Morgan fingerprint density at radius 2 is 1.77 bits per heavy atom. The molecule has 138 valence electrons. The number of carbonyl (C=O) groups excluding carboxylic acids is 1. The summed E-state index contributed by atoms with van der Waals surface area (Å²) in [5, 5.41) is 12.0. The molecule has 0 saturated carbocycles. The van der Waals surface area contributed by atoms with Crippen molar-refractivity contribution in [2.24, 2.45) is 0 Å². The van der Waals surface area contributed by atoms with E-state index >= 15 is 0 Å². The Hall–Kier alpha value is -2.24. The Bertz CT molecular complexity index is 716. The fraction of sp³-hybridized carbons (Fsp3) is 0.381. The summed E-state index contributed by atoms with van der Waals surface area (Å²) in [7, 11) is 0. The van der Waals surface area contributed by atoms with E-state index in [0.29, 0.717) is 13.0 Å². The van der Waals surface area contributed by atoms with Gasteiger partial charge in [0.15, 0.2) is 0 Å². The highest BCUT2D eigenvalue weighted by atomic mass is 19.1. The van der Waals surface area contributed by atoms with Crippen molar-refractivity contribution in [3.8, 4) is 0 Å². The van der Waals surface area contributed by atoms with Crippen LogP contribution in [0.25, 0.3) is 0 Å². The first kappa shape index (κ1) is 18.5. The summed E-state index contributed by atoms with van der Waals surface area (Å²) in [6.07, 6.45) is 3.55. The summed E-state index contributed by atoms with van der Waals surface area (Å²) >= 11 is 0. The van der Waals surface area contributed by atoms with Crippen LogP contribution in [0.15, 0.2) is 48.5 Å². The lowest BCUT2D eigenvalue weighted by Crippen LogP contribution is -2.46. The molecule has 1 atom stereocenters. The van der Waals surface area contributed by atoms with Crippen molar-refractivity contribution in [3.63, 3.8) is 0 Å². The first-order valence-electron chi connectivity index (χ1n) is 9.15. The van der Waals surface area contributed by atoms with Gasteiger partial charge in [-0.3, -0.25) is 9.69 Å². The number of aliphatic hydroxyl groups excluding tert-OH is 1. The standard InChI is InChI=1S/C21H25FN2O2/c22-18-8-4-17(5-9-18)15-24-13-2-1-3-20(24)21(26)23-19-10-6-16(7-11-19)12-14-25/h4-11,20,25H,1-3,12-15H2,(H,23,26)/t20-/m1/s1. The van der Waals surface area contributed by atoms with Crippen LogP contribution in [0.5, 0.6) is 0 Å². The van der Waals surface area contributed by atoms with E-state index < -0.39 is 0 Å². The molecule has 0 aliphatic carbocycles. The minimum Gasteiger partial charge on any atom is -0.396 e. The molecule has 0 bridgehead atoms. The zero-order chi connectivity index (χ0) is 18.4. The van der Waals surface area contributed by atoms with Gasteiger partial charge in [-0.25, -0.2) is 4.39 Å². The molecule has 2 N–H and O–H groups in total. The summed E-state index contributed by atoms with van der Waals surface area (Å²) in [6.45, 7) is 1.63. The second kappa shape index (κ2) is 8.92. The second-order valence-corrected chi connectivity index (χ2v) is 6.77. The highest BCUT2D eigenvalue weighted by Crippen LogP contribution is 2.21. The third-order valence-electron chi connectivity index (χ3n) is 4.84. The molecule has 3 rings (SSSR count). The monoisotopic (exact) mass is 356 g/mol. The number of benzene rings is 2. The quantitative estimate of drug-likeness (QED) is 0.835. The molecular formula is C21H25FN2O2. The lowest BCUT2D eigenvalue weighted by atomic mass is 10.00. The molecule has 2 aromatic carbocycles. The molecule has 5 heteroatoms. The number of nitrogens with one attached hydrogen (secondary N) is 1. The number of hydrogen-bond acceptors (Lipinski definition) is 3. The SMILES string of the molecule is O=C(Nc1ccc(CCO)cc1)[C@H]1CCCCN1Cc1ccc(F)cc1. The second-order valence-electron chi connectivity index (χ2n) is 6.77. The number of rotatable bonds is 6. The van der Waals surface area contributed by atoms with Gasteiger partial charge in [-0.2, -0.15) is 0 Å². The lowest BCUT2D eigenvalue weighted by molar-refractivity contribution is -0.122. The third-order valence-corrected chi connectivity index (χ3v) is 4.84. The van der Waals surface area contributed by atoms with Crippen molar-refractivity contribution in [2.45, 2.75) is 38.3 Å². The number of piperidine rings is 1. The minimum absolute atomic E-state index is 0.00159. The van der Waals surface area contributed by atoms with Gasteiger partial charge in [-0.15, -0.1) is 0 Å². The Morgan fingerprint density at radius 3 is 2.46 bits per heavy atom. The normalized spacial score (nSPS) is 17.8. The van der Waals surface area contributed by atoms with Gasteiger partial charge >= 0.3 is 0 Å². The summed E-state index contributed by atoms with van der Waals surface area (Å²) in [6, 6.07) is 13.9. The fourth-order valence-corrected chi connectivity index (χ4v) is 3.41. The van der Waals surface area contributed by atoms with Crippen LogP contribution in [0, 0.1) is 5.82 Å². The van der Waals surface area contributed by atoms with Gasteiger partial charge < -0.3 is 10.4 Å². The Morgan fingerprint density at radius 1 is 1.08 bits per heavy atom. The molecule has 0 aromatic heterocycles. The summed E-state index contributed by atoms with van der Waals surface area (Å²) < 4.78 is 13.1. The first-order valence-corrected chi connectivity index (χ1v) is 9.15. The molecule has 2 aromatic rings. The van der Waals surface area contributed by atoms with Gasteiger partial charge in [0.25, 0.3) is 0 Å². The van der Waals surface area contributed by atoms with Gasteiger partial charge in [-0.05, 0) is 61.2 Å². The molecule has 0 spiro atoms. The summed E-state index contributed by atoms with van der Waals surface area (Å²) in [4.78, 5) is 15.0. The molecule has 1 saturated heterocycles. The van der Waals surface area contributed by atoms with Crippen molar-refractivity contribution >= 4 is 11.6 Å². The maximum Gasteiger partial charge on any atom is 0.241 e. The van der Waals surface area contributed by atoms with Crippen LogP contribution in [0.1, 0.15) is 30.4 Å². The highest BCUT2D eigenvalue weighted by Gasteiger charge is 2.28. The Kier molecular flexibility index (Phi) is 6.36. The average molecular weight is 356 g/mol. The van der Waals surface area contributed by atoms with Gasteiger partial charge in [0.05, 0.1) is 6.04 Å². The van der Waals surface area contributed by atoms with Gasteiger partial charge in [0, 0.05) is 18.8 Å². The lowest BCUT2D eigenvalue weighted by Gasteiger charge is -2.34. The smallest absolute Gasteiger partial charge is 0.241 e. The van der Waals surface area contributed by atoms with Crippen LogP contribution in [-0.4, -0.2) is 35.1 Å². The summed E-state index contributed by atoms with van der Waals surface area (Å²) in [5.41, 5.74) is 2.82. The topological polar surface area (TPSA) is 52.6 Å². The first-order chi connectivity index (χ1) is 12.7. The van der Waals surface area contributed by atoms with E-state index in [-0.39, 0.29) is 24.4 Å². The maximum atomic E-state index is 13.1. The number of aliphatic hydroxyl groups is 1. The Labute approximate surface area is 153 Å². The molecule has 0 unspecified atom stereocenters. The van der Waals surface area contributed by atoms with Gasteiger partial charge in [0.1, 0.15) is 5.82 Å². The number of nitrogens with zero attached hydrogens (tertiary/aromatic N) is 1. The predicted octanol–water partition coefficient (Wildman–Crippen LogP) is 3.35. The van der Waals surface area contributed by atoms with Crippen molar-refractivity contribution in [1.29, 1.82) is 0 Å². The van der Waals surface area contributed by atoms with Crippen LogP contribution in [0.4, 0.5) is 10.1 Å². The zero-order valence-electron chi connectivity index (χ0n) is 14.8. The van der Waals surface area contributed by atoms with E-state index in [1.54, 1.807) is 12.1 Å². The minimum atomic E-state index is -0.244. The summed E-state index contributed by atoms with van der Waals surface area (Å²) in [5.74, 6) is -0.243. The fourth-order valence-electron chi connectivity index (χ4n) is 3.41. The predicted molar refractivity (Wildman–Crippen MR) is 100 cm³/mol. The van der Waals surface area contributed by atoms with E-state index in [1.807, 2.05) is 24.3 Å². The van der Waals surface area contributed by atoms with Crippen LogP contribution < -0.4 is 5.32 Å². The van der Waals surface area contributed by atoms with E-state index in [9.17, 15) is 9.18 Å². The van der Waals surface area contributed by atoms with Gasteiger partial charge in [0.2, 0.25) is 5.91 Å². The number of hydrogen-bond donors (Lipinski definition) is 2. The average Bonchev–Trinajstić information content (AvgIpc) is 2.66. The zero-order valence-corrected chi connectivity index (χ0v) is 14.8. The molecule has 4 nitrogen and oxygen atoms in total. The molecule has 1 heterocycles. The molecule has 0 radical (unpaired) electrons. The van der Waals surface area contributed by atoms with E-state index in [2.05, 4.69) is 10.2 Å².